The van der Waals surface area contributed by atoms with Crippen molar-refractivity contribution in [2.45, 2.75) is 25.6 Å². The first kappa shape index (κ1) is 10.1. The molecule has 4 nitrogen and oxygen atoms in total. The molecule has 1 aromatic heterocycles. The number of rotatable bonds is 3. The summed E-state index contributed by atoms with van der Waals surface area (Å²) in [7, 11) is 0. The van der Waals surface area contributed by atoms with Crippen LogP contribution < -0.4 is 0 Å². The van der Waals surface area contributed by atoms with Crippen molar-refractivity contribution < 1.29 is 14.3 Å². The van der Waals surface area contributed by atoms with E-state index in [1.165, 1.54) is 0 Å². The zero-order valence-corrected chi connectivity index (χ0v) is 8.77. The van der Waals surface area contributed by atoms with Crippen LogP contribution in [0.5, 0.6) is 0 Å². The van der Waals surface area contributed by atoms with E-state index in [2.05, 4.69) is 4.98 Å². The highest BCUT2D eigenvalue weighted by Crippen LogP contribution is 2.46. The average Bonchev–Trinajstić information content (AvgIpc) is 2.94. The van der Waals surface area contributed by atoms with Gasteiger partial charge in [-0.3, -0.25) is 4.98 Å². The molecule has 0 unspecified atom stereocenters. The summed E-state index contributed by atoms with van der Waals surface area (Å²) in [5.74, 6) is -0.302. The maximum Gasteiger partial charge on any atom is 0.338 e. The Bertz CT molecular complexity index is 365. The number of ether oxygens (including phenoxy) is 2. The summed E-state index contributed by atoms with van der Waals surface area (Å²) in [6.07, 6.45) is 2.91. The molecule has 0 aromatic carbocycles. The fraction of sp³-hybridized carbons (Fsp3) is 0.455. The fourth-order valence-electron chi connectivity index (χ4n) is 1.58. The van der Waals surface area contributed by atoms with Gasteiger partial charge >= 0.3 is 5.97 Å². The Kier molecular flexibility index (Phi) is 2.44. The minimum absolute atomic E-state index is 0.302. The highest BCUT2D eigenvalue weighted by molar-refractivity contribution is 5.79. The number of carbonyl (C=O) groups is 1. The lowest BCUT2D eigenvalue weighted by Crippen LogP contribution is -2.18. The molecule has 0 aliphatic carbocycles. The Hall–Kier alpha value is -1.42. The topological polar surface area (TPSA) is 51.7 Å². The predicted molar refractivity (Wildman–Crippen MR) is 53.1 cm³/mol. The second kappa shape index (κ2) is 3.62. The summed E-state index contributed by atoms with van der Waals surface area (Å²) in [4.78, 5) is 15.4. The van der Waals surface area contributed by atoms with Gasteiger partial charge in [0.15, 0.2) is 6.10 Å². The molecule has 2 rings (SSSR count). The normalized spacial score (nSPS) is 28.5. The molecule has 2 heterocycles. The summed E-state index contributed by atoms with van der Waals surface area (Å²) in [6, 6.07) is 3.72. The van der Waals surface area contributed by atoms with Gasteiger partial charge in [0.05, 0.1) is 6.61 Å². The number of nitrogens with zero attached hydrogens (tertiary/aromatic N) is 1. The average molecular weight is 207 g/mol. The minimum Gasteiger partial charge on any atom is -0.464 e. The Morgan fingerprint density at radius 1 is 1.73 bits per heavy atom. The summed E-state index contributed by atoms with van der Waals surface area (Å²) in [5.41, 5.74) is 0.351. The highest BCUT2D eigenvalue weighted by atomic mass is 16.7. The third-order valence-corrected chi connectivity index (χ3v) is 2.54. The van der Waals surface area contributed by atoms with Gasteiger partial charge in [-0.05, 0) is 19.9 Å². The van der Waals surface area contributed by atoms with Gasteiger partial charge in [0.25, 0.3) is 0 Å². The number of hydrogen-bond donors (Lipinski definition) is 0. The van der Waals surface area contributed by atoms with E-state index in [1.54, 1.807) is 19.3 Å². The predicted octanol–water partition coefficient (Wildman–Crippen LogP) is 1.26. The van der Waals surface area contributed by atoms with Gasteiger partial charge in [-0.1, -0.05) is 6.07 Å². The van der Waals surface area contributed by atoms with E-state index in [-0.39, 0.29) is 5.97 Å². The van der Waals surface area contributed by atoms with Crippen LogP contribution >= 0.6 is 0 Å². The largest absolute Gasteiger partial charge is 0.464 e. The minimum atomic E-state index is -0.555. The SMILES string of the molecule is CCOC(=O)[C@H]1O[C@@]1(C)c1cccnc1. The molecule has 0 amide bonds. The van der Waals surface area contributed by atoms with Crippen molar-refractivity contribution in [1.29, 1.82) is 0 Å². The van der Waals surface area contributed by atoms with E-state index in [1.807, 2.05) is 19.1 Å². The first-order valence-electron chi connectivity index (χ1n) is 4.93. The van der Waals surface area contributed by atoms with Crippen molar-refractivity contribution in [2.24, 2.45) is 0 Å². The third-order valence-electron chi connectivity index (χ3n) is 2.54. The molecular weight excluding hydrogens is 194 g/mol. The molecule has 2 atom stereocenters. The monoisotopic (exact) mass is 207 g/mol. The smallest absolute Gasteiger partial charge is 0.338 e. The van der Waals surface area contributed by atoms with Crippen LogP contribution in [0.15, 0.2) is 24.5 Å². The first-order chi connectivity index (χ1) is 7.18. The van der Waals surface area contributed by atoms with Crippen LogP contribution in [0.1, 0.15) is 19.4 Å². The zero-order valence-electron chi connectivity index (χ0n) is 8.77. The number of pyridine rings is 1. The standard InChI is InChI=1S/C11H13NO3/c1-3-14-10(13)9-11(2,15-9)8-5-4-6-12-7-8/h4-7,9H,3H2,1-2H3/t9-,11+/m1/s1. The van der Waals surface area contributed by atoms with Crippen LogP contribution in [-0.4, -0.2) is 23.7 Å². The number of esters is 1. The van der Waals surface area contributed by atoms with E-state index < -0.39 is 11.7 Å². The molecule has 0 spiro atoms. The lowest BCUT2D eigenvalue weighted by Gasteiger charge is -2.05. The molecule has 0 saturated carbocycles. The second-order valence-corrected chi connectivity index (χ2v) is 3.60. The Labute approximate surface area is 88.2 Å². The van der Waals surface area contributed by atoms with E-state index in [0.717, 1.165) is 5.56 Å². The molecular formula is C11H13NO3. The maximum absolute atomic E-state index is 11.4. The van der Waals surface area contributed by atoms with Crippen LogP contribution in [0.4, 0.5) is 0 Å². The quantitative estimate of drug-likeness (QED) is 0.553. The number of aromatic nitrogens is 1. The summed E-state index contributed by atoms with van der Waals surface area (Å²) < 4.78 is 10.3. The number of carbonyl (C=O) groups excluding carboxylic acids is 1. The number of hydrogen-bond acceptors (Lipinski definition) is 4. The van der Waals surface area contributed by atoms with Crippen molar-refractivity contribution >= 4 is 5.97 Å². The molecule has 0 bridgehead atoms. The molecule has 0 radical (unpaired) electrons. The fourth-order valence-corrected chi connectivity index (χ4v) is 1.58. The van der Waals surface area contributed by atoms with Crippen molar-refractivity contribution in [3.8, 4) is 0 Å². The Balaban J connectivity index is 2.10. The van der Waals surface area contributed by atoms with E-state index in [0.29, 0.717) is 6.61 Å². The van der Waals surface area contributed by atoms with Crippen LogP contribution in [-0.2, 0) is 19.9 Å². The van der Waals surface area contributed by atoms with Crippen molar-refractivity contribution in [1.82, 2.24) is 4.98 Å². The molecule has 1 aliphatic rings. The molecule has 15 heavy (non-hydrogen) atoms. The van der Waals surface area contributed by atoms with Crippen LogP contribution in [0, 0.1) is 0 Å². The van der Waals surface area contributed by atoms with E-state index in [4.69, 9.17) is 9.47 Å². The van der Waals surface area contributed by atoms with Gasteiger partial charge in [-0.25, -0.2) is 4.79 Å². The van der Waals surface area contributed by atoms with Gasteiger partial charge < -0.3 is 9.47 Å². The van der Waals surface area contributed by atoms with E-state index in [9.17, 15) is 4.79 Å². The summed E-state index contributed by atoms with van der Waals surface area (Å²) in [5, 5.41) is 0. The third kappa shape index (κ3) is 1.72. The van der Waals surface area contributed by atoms with Crippen LogP contribution in [0.3, 0.4) is 0 Å². The molecule has 4 heteroatoms. The van der Waals surface area contributed by atoms with Gasteiger partial charge in [0, 0.05) is 18.0 Å². The van der Waals surface area contributed by atoms with Crippen molar-refractivity contribution in [2.75, 3.05) is 6.61 Å². The van der Waals surface area contributed by atoms with Gasteiger partial charge in [-0.2, -0.15) is 0 Å². The van der Waals surface area contributed by atoms with Crippen LogP contribution in [0.25, 0.3) is 0 Å². The lowest BCUT2D eigenvalue weighted by atomic mass is 9.99. The molecule has 0 N–H and O–H groups in total. The van der Waals surface area contributed by atoms with Gasteiger partial charge in [0.2, 0.25) is 0 Å². The molecule has 1 saturated heterocycles. The maximum atomic E-state index is 11.4. The molecule has 1 aromatic rings. The van der Waals surface area contributed by atoms with Crippen molar-refractivity contribution in [3.63, 3.8) is 0 Å². The van der Waals surface area contributed by atoms with Gasteiger partial charge in [-0.15, -0.1) is 0 Å². The Morgan fingerprint density at radius 2 is 2.53 bits per heavy atom. The molecule has 1 fully saturated rings. The summed E-state index contributed by atoms with van der Waals surface area (Å²) in [6.45, 7) is 4.02. The second-order valence-electron chi connectivity index (χ2n) is 3.60. The van der Waals surface area contributed by atoms with Gasteiger partial charge in [0.1, 0.15) is 5.60 Å². The van der Waals surface area contributed by atoms with E-state index >= 15 is 0 Å². The number of epoxide rings is 1. The molecule has 80 valence electrons. The highest BCUT2D eigenvalue weighted by Gasteiger charge is 2.59. The van der Waals surface area contributed by atoms with Crippen LogP contribution in [0.2, 0.25) is 0 Å². The molecule has 1 aliphatic heterocycles. The first-order valence-corrected chi connectivity index (χ1v) is 4.93. The van der Waals surface area contributed by atoms with Crippen molar-refractivity contribution in [3.05, 3.63) is 30.1 Å². The zero-order chi connectivity index (χ0) is 10.9. The Morgan fingerprint density at radius 3 is 3.13 bits per heavy atom. The summed E-state index contributed by atoms with van der Waals surface area (Å²) >= 11 is 0. The lowest BCUT2D eigenvalue weighted by molar-refractivity contribution is -0.144.